The van der Waals surface area contributed by atoms with Crippen molar-refractivity contribution in [2.45, 2.75) is 32.9 Å². The van der Waals surface area contributed by atoms with E-state index in [0.29, 0.717) is 0 Å². The summed E-state index contributed by atoms with van der Waals surface area (Å²) in [5, 5.41) is 12.3. The van der Waals surface area contributed by atoms with E-state index in [1.165, 1.54) is 11.1 Å². The van der Waals surface area contributed by atoms with E-state index in [2.05, 4.69) is 43.4 Å². The molecule has 0 radical (unpaired) electrons. The topological polar surface area (TPSA) is 32.3 Å². The maximum absolute atomic E-state index is 9.00. The van der Waals surface area contributed by atoms with Crippen LogP contribution in [0.1, 0.15) is 24.5 Å². The SMILES string of the molecule is CC[C@H](CO)NCc1cccc(C)c1. The molecule has 1 rings (SSSR count). The van der Waals surface area contributed by atoms with Crippen LogP contribution in [0.25, 0.3) is 0 Å². The first-order chi connectivity index (χ1) is 6.76. The molecule has 0 saturated carbocycles. The van der Waals surface area contributed by atoms with Crippen LogP contribution in [0.3, 0.4) is 0 Å². The lowest BCUT2D eigenvalue weighted by Gasteiger charge is -2.13. The van der Waals surface area contributed by atoms with Gasteiger partial charge in [-0.1, -0.05) is 36.8 Å². The first-order valence-electron chi connectivity index (χ1n) is 5.16. The molecule has 1 aromatic rings. The molecule has 0 aliphatic carbocycles. The first-order valence-corrected chi connectivity index (χ1v) is 5.16. The lowest BCUT2D eigenvalue weighted by atomic mass is 10.1. The van der Waals surface area contributed by atoms with Crippen LogP contribution in [0, 0.1) is 6.92 Å². The zero-order valence-corrected chi connectivity index (χ0v) is 8.96. The van der Waals surface area contributed by atoms with Gasteiger partial charge < -0.3 is 10.4 Å². The molecule has 0 heterocycles. The van der Waals surface area contributed by atoms with Gasteiger partial charge in [0.2, 0.25) is 0 Å². The van der Waals surface area contributed by atoms with Crippen LogP contribution in [-0.2, 0) is 6.54 Å². The van der Waals surface area contributed by atoms with E-state index < -0.39 is 0 Å². The molecule has 0 unspecified atom stereocenters. The van der Waals surface area contributed by atoms with Crippen molar-refractivity contribution in [3.8, 4) is 0 Å². The van der Waals surface area contributed by atoms with Gasteiger partial charge in [-0.3, -0.25) is 0 Å². The Morgan fingerprint density at radius 1 is 1.43 bits per heavy atom. The summed E-state index contributed by atoms with van der Waals surface area (Å²) in [5.41, 5.74) is 2.55. The standard InChI is InChI=1S/C12H19NO/c1-3-12(9-14)13-8-11-6-4-5-10(2)7-11/h4-7,12-14H,3,8-9H2,1-2H3/t12-/m1/s1. The van der Waals surface area contributed by atoms with Gasteiger partial charge in [0.15, 0.2) is 0 Å². The summed E-state index contributed by atoms with van der Waals surface area (Å²) in [5.74, 6) is 0. The molecule has 1 aromatic carbocycles. The Kier molecular flexibility index (Phi) is 4.63. The Labute approximate surface area is 86.0 Å². The van der Waals surface area contributed by atoms with Crippen molar-refractivity contribution in [2.75, 3.05) is 6.61 Å². The minimum atomic E-state index is 0.211. The second kappa shape index (κ2) is 5.78. The molecule has 14 heavy (non-hydrogen) atoms. The molecule has 0 saturated heterocycles. The van der Waals surface area contributed by atoms with Gasteiger partial charge in [0.05, 0.1) is 6.61 Å². The summed E-state index contributed by atoms with van der Waals surface area (Å²) in [4.78, 5) is 0. The number of hydrogen-bond acceptors (Lipinski definition) is 2. The molecule has 2 heteroatoms. The van der Waals surface area contributed by atoms with Crippen LogP contribution in [0.2, 0.25) is 0 Å². The summed E-state index contributed by atoms with van der Waals surface area (Å²) in [6.45, 7) is 5.21. The van der Waals surface area contributed by atoms with Crippen molar-refractivity contribution in [1.82, 2.24) is 5.32 Å². The second-order valence-electron chi connectivity index (χ2n) is 3.66. The third-order valence-electron chi connectivity index (χ3n) is 2.39. The molecule has 0 aliphatic heterocycles. The lowest BCUT2D eigenvalue weighted by molar-refractivity contribution is 0.238. The molecule has 0 amide bonds. The van der Waals surface area contributed by atoms with Crippen molar-refractivity contribution >= 4 is 0 Å². The highest BCUT2D eigenvalue weighted by molar-refractivity contribution is 5.21. The van der Waals surface area contributed by atoms with Gasteiger partial charge in [-0.05, 0) is 18.9 Å². The zero-order valence-electron chi connectivity index (χ0n) is 8.96. The molecule has 0 fully saturated rings. The predicted molar refractivity (Wildman–Crippen MR) is 59.2 cm³/mol. The molecule has 0 bridgehead atoms. The van der Waals surface area contributed by atoms with Gasteiger partial charge >= 0.3 is 0 Å². The predicted octanol–water partition coefficient (Wildman–Crippen LogP) is 1.86. The third kappa shape index (κ3) is 3.48. The maximum Gasteiger partial charge on any atom is 0.0584 e. The number of rotatable bonds is 5. The summed E-state index contributed by atoms with van der Waals surface area (Å²) >= 11 is 0. The van der Waals surface area contributed by atoms with Crippen LogP contribution in [0.4, 0.5) is 0 Å². The minimum Gasteiger partial charge on any atom is -0.395 e. The van der Waals surface area contributed by atoms with E-state index in [-0.39, 0.29) is 12.6 Å². The highest BCUT2D eigenvalue weighted by Crippen LogP contribution is 2.04. The molecule has 0 spiro atoms. The fraction of sp³-hybridized carbons (Fsp3) is 0.500. The highest BCUT2D eigenvalue weighted by Gasteiger charge is 2.02. The number of hydrogen-bond donors (Lipinski definition) is 2. The quantitative estimate of drug-likeness (QED) is 0.748. The average Bonchev–Trinajstić information content (AvgIpc) is 2.19. The van der Waals surface area contributed by atoms with E-state index in [0.717, 1.165) is 13.0 Å². The van der Waals surface area contributed by atoms with Crippen molar-refractivity contribution in [1.29, 1.82) is 0 Å². The van der Waals surface area contributed by atoms with Gasteiger partial charge in [-0.25, -0.2) is 0 Å². The minimum absolute atomic E-state index is 0.211. The molecule has 1 atom stereocenters. The summed E-state index contributed by atoms with van der Waals surface area (Å²) in [6.07, 6.45) is 0.961. The maximum atomic E-state index is 9.00. The van der Waals surface area contributed by atoms with E-state index in [9.17, 15) is 0 Å². The second-order valence-corrected chi connectivity index (χ2v) is 3.66. The van der Waals surface area contributed by atoms with Crippen LogP contribution < -0.4 is 5.32 Å². The smallest absolute Gasteiger partial charge is 0.0584 e. The van der Waals surface area contributed by atoms with Crippen molar-refractivity contribution < 1.29 is 5.11 Å². The Morgan fingerprint density at radius 2 is 2.21 bits per heavy atom. The summed E-state index contributed by atoms with van der Waals surface area (Å²) in [6, 6.07) is 8.64. The van der Waals surface area contributed by atoms with E-state index >= 15 is 0 Å². The Balaban J connectivity index is 2.44. The molecule has 78 valence electrons. The van der Waals surface area contributed by atoms with Gasteiger partial charge in [-0.2, -0.15) is 0 Å². The number of nitrogens with one attached hydrogen (secondary N) is 1. The van der Waals surface area contributed by atoms with Gasteiger partial charge in [0.1, 0.15) is 0 Å². The van der Waals surface area contributed by atoms with Gasteiger partial charge in [0.25, 0.3) is 0 Å². The summed E-state index contributed by atoms with van der Waals surface area (Å²) < 4.78 is 0. The first kappa shape index (κ1) is 11.2. The number of aliphatic hydroxyl groups is 1. The Bertz CT molecular complexity index is 269. The molecule has 0 aromatic heterocycles. The van der Waals surface area contributed by atoms with E-state index in [4.69, 9.17) is 5.11 Å². The third-order valence-corrected chi connectivity index (χ3v) is 2.39. The Hall–Kier alpha value is -0.860. The normalized spacial score (nSPS) is 12.8. The van der Waals surface area contributed by atoms with Crippen molar-refractivity contribution in [2.24, 2.45) is 0 Å². The van der Waals surface area contributed by atoms with Gasteiger partial charge in [-0.15, -0.1) is 0 Å². The largest absolute Gasteiger partial charge is 0.395 e. The van der Waals surface area contributed by atoms with Crippen molar-refractivity contribution in [3.63, 3.8) is 0 Å². The number of benzene rings is 1. The van der Waals surface area contributed by atoms with Gasteiger partial charge in [0, 0.05) is 12.6 Å². The van der Waals surface area contributed by atoms with Crippen molar-refractivity contribution in [3.05, 3.63) is 35.4 Å². The Morgan fingerprint density at radius 3 is 2.79 bits per heavy atom. The monoisotopic (exact) mass is 193 g/mol. The van der Waals surface area contributed by atoms with Crippen LogP contribution >= 0.6 is 0 Å². The molecular formula is C12H19NO. The van der Waals surface area contributed by atoms with E-state index in [1.807, 2.05) is 0 Å². The average molecular weight is 193 g/mol. The molecule has 2 nitrogen and oxygen atoms in total. The van der Waals surface area contributed by atoms with Crippen LogP contribution in [0.5, 0.6) is 0 Å². The molecule has 0 aliphatic rings. The van der Waals surface area contributed by atoms with E-state index in [1.54, 1.807) is 0 Å². The molecule has 2 N–H and O–H groups in total. The lowest BCUT2D eigenvalue weighted by Crippen LogP contribution is -2.31. The zero-order chi connectivity index (χ0) is 10.4. The fourth-order valence-corrected chi connectivity index (χ4v) is 1.42. The fourth-order valence-electron chi connectivity index (χ4n) is 1.42. The molecular weight excluding hydrogens is 174 g/mol. The number of aryl methyl sites for hydroxylation is 1. The van der Waals surface area contributed by atoms with Crippen LogP contribution in [0.15, 0.2) is 24.3 Å². The summed E-state index contributed by atoms with van der Waals surface area (Å²) in [7, 11) is 0. The number of aliphatic hydroxyl groups excluding tert-OH is 1. The van der Waals surface area contributed by atoms with Crippen LogP contribution in [-0.4, -0.2) is 17.8 Å². The highest BCUT2D eigenvalue weighted by atomic mass is 16.3.